The van der Waals surface area contributed by atoms with Gasteiger partial charge in [0.1, 0.15) is 5.75 Å². The lowest BCUT2D eigenvalue weighted by atomic mass is 10.2. The van der Waals surface area contributed by atoms with Crippen molar-refractivity contribution in [3.63, 3.8) is 0 Å². The minimum atomic E-state index is -0.196. The minimum Gasteiger partial charge on any atom is -0.497 e. The predicted molar refractivity (Wildman–Crippen MR) is 94.4 cm³/mol. The first-order chi connectivity index (χ1) is 9.65. The van der Waals surface area contributed by atoms with Gasteiger partial charge in [0, 0.05) is 18.7 Å². The average molecular weight is 407 g/mol. The number of nitrogens with two attached hydrogens (primary N) is 1. The summed E-state index contributed by atoms with van der Waals surface area (Å²) in [5.74, 6) is 0.945. The molecule has 118 valence electrons. The third-order valence-corrected chi connectivity index (χ3v) is 2.66. The fraction of sp³-hybridized carbons (Fsp3) is 0.429. The van der Waals surface area contributed by atoms with Gasteiger partial charge in [-0.3, -0.25) is 9.79 Å². The van der Waals surface area contributed by atoms with Crippen LogP contribution >= 0.6 is 24.0 Å². The van der Waals surface area contributed by atoms with E-state index in [1.165, 1.54) is 7.11 Å². The molecule has 0 aromatic heterocycles. The highest BCUT2D eigenvalue weighted by molar-refractivity contribution is 14.0. The number of unbranched alkanes of at least 4 members (excludes halogenated alkanes) is 1. The molecule has 1 rings (SSSR count). The maximum atomic E-state index is 10.9. The number of nitrogens with one attached hydrogen (secondary N) is 1. The first-order valence-electron chi connectivity index (χ1n) is 6.43. The quantitative estimate of drug-likeness (QED) is 0.238. The maximum Gasteiger partial charge on any atom is 0.305 e. The molecule has 0 saturated heterocycles. The molecule has 0 saturated carbocycles. The van der Waals surface area contributed by atoms with Crippen molar-refractivity contribution in [2.24, 2.45) is 10.7 Å². The first-order valence-corrected chi connectivity index (χ1v) is 6.43. The van der Waals surface area contributed by atoms with Gasteiger partial charge in [0.15, 0.2) is 5.96 Å². The predicted octanol–water partition coefficient (Wildman–Crippen LogP) is 2.38. The van der Waals surface area contributed by atoms with Gasteiger partial charge in [0.05, 0.1) is 14.2 Å². The molecule has 0 bridgehead atoms. The summed E-state index contributed by atoms with van der Waals surface area (Å²) in [5.41, 5.74) is 6.61. The average Bonchev–Trinajstić information content (AvgIpc) is 2.47. The van der Waals surface area contributed by atoms with Crippen LogP contribution in [0.15, 0.2) is 29.3 Å². The normalized spacial score (nSPS) is 10.5. The van der Waals surface area contributed by atoms with Crippen LogP contribution in [0, 0.1) is 0 Å². The van der Waals surface area contributed by atoms with Crippen molar-refractivity contribution in [2.45, 2.75) is 19.3 Å². The molecule has 0 aliphatic rings. The summed E-state index contributed by atoms with van der Waals surface area (Å²) in [6.45, 7) is 0.575. The molecular formula is C14H22IN3O3. The molecule has 1 aromatic rings. The van der Waals surface area contributed by atoms with Crippen LogP contribution in [0.25, 0.3) is 0 Å². The van der Waals surface area contributed by atoms with E-state index in [4.69, 9.17) is 10.5 Å². The van der Waals surface area contributed by atoms with Crippen LogP contribution in [0.1, 0.15) is 19.3 Å². The molecule has 0 amide bonds. The van der Waals surface area contributed by atoms with Gasteiger partial charge in [-0.25, -0.2) is 0 Å². The molecule has 0 unspecified atom stereocenters. The Morgan fingerprint density at radius 1 is 1.24 bits per heavy atom. The van der Waals surface area contributed by atoms with Gasteiger partial charge in [0.25, 0.3) is 0 Å². The molecule has 1 aromatic carbocycles. The van der Waals surface area contributed by atoms with E-state index >= 15 is 0 Å². The number of hydrogen-bond acceptors (Lipinski definition) is 4. The van der Waals surface area contributed by atoms with Crippen molar-refractivity contribution in [2.75, 3.05) is 26.1 Å². The smallest absolute Gasteiger partial charge is 0.305 e. The number of guanidine groups is 1. The number of anilines is 1. The monoisotopic (exact) mass is 407 g/mol. The molecule has 0 radical (unpaired) electrons. The Kier molecular flexibility index (Phi) is 10.4. The lowest BCUT2D eigenvalue weighted by molar-refractivity contribution is -0.140. The summed E-state index contributed by atoms with van der Waals surface area (Å²) in [6, 6.07) is 7.40. The largest absolute Gasteiger partial charge is 0.497 e. The molecule has 7 heteroatoms. The number of methoxy groups -OCH3 is 2. The zero-order valence-corrected chi connectivity index (χ0v) is 14.6. The van der Waals surface area contributed by atoms with Crippen LogP contribution in [0.2, 0.25) is 0 Å². The van der Waals surface area contributed by atoms with Crippen LogP contribution in [-0.4, -0.2) is 32.7 Å². The molecule has 6 nitrogen and oxygen atoms in total. The van der Waals surface area contributed by atoms with Crippen molar-refractivity contribution >= 4 is 41.6 Å². The Balaban J connectivity index is 0.00000400. The van der Waals surface area contributed by atoms with Gasteiger partial charge < -0.3 is 20.5 Å². The SMILES string of the molecule is COC(=O)CCCCN=C(N)Nc1ccc(OC)cc1.I. The second kappa shape index (κ2) is 11.2. The zero-order valence-electron chi connectivity index (χ0n) is 12.3. The van der Waals surface area contributed by atoms with Gasteiger partial charge in [-0.2, -0.15) is 0 Å². The summed E-state index contributed by atoms with van der Waals surface area (Å²) in [7, 11) is 3.00. The van der Waals surface area contributed by atoms with Gasteiger partial charge in [-0.1, -0.05) is 0 Å². The van der Waals surface area contributed by atoms with E-state index in [9.17, 15) is 4.79 Å². The highest BCUT2D eigenvalue weighted by Gasteiger charge is 1.99. The third-order valence-electron chi connectivity index (χ3n) is 2.66. The number of carbonyl (C=O) groups excluding carboxylic acids is 1. The number of ether oxygens (including phenoxy) is 2. The summed E-state index contributed by atoms with van der Waals surface area (Å²) in [4.78, 5) is 15.1. The number of halogens is 1. The Morgan fingerprint density at radius 3 is 2.48 bits per heavy atom. The van der Waals surface area contributed by atoms with E-state index in [1.807, 2.05) is 24.3 Å². The van der Waals surface area contributed by atoms with E-state index in [2.05, 4.69) is 15.0 Å². The van der Waals surface area contributed by atoms with Crippen LogP contribution in [0.4, 0.5) is 5.69 Å². The number of hydrogen-bond donors (Lipinski definition) is 2. The third kappa shape index (κ3) is 8.38. The van der Waals surface area contributed by atoms with Crippen molar-refractivity contribution < 1.29 is 14.3 Å². The molecule has 3 N–H and O–H groups in total. The lowest BCUT2D eigenvalue weighted by Gasteiger charge is -2.06. The summed E-state index contributed by atoms with van der Waals surface area (Å²) >= 11 is 0. The van der Waals surface area contributed by atoms with E-state index in [0.29, 0.717) is 18.9 Å². The number of nitrogens with zero attached hydrogens (tertiary/aromatic N) is 1. The maximum absolute atomic E-state index is 10.9. The summed E-state index contributed by atoms with van der Waals surface area (Å²) < 4.78 is 9.62. The summed E-state index contributed by atoms with van der Waals surface area (Å²) in [5, 5.41) is 2.98. The molecule has 0 atom stereocenters. The van der Waals surface area contributed by atoms with Gasteiger partial charge in [-0.05, 0) is 37.1 Å². The first kappa shape index (κ1) is 19.5. The molecular weight excluding hydrogens is 385 g/mol. The number of aliphatic imine (C=N–C) groups is 1. The fourth-order valence-corrected chi connectivity index (χ4v) is 1.54. The van der Waals surface area contributed by atoms with Crippen molar-refractivity contribution in [3.8, 4) is 5.75 Å². The Labute approximate surface area is 142 Å². The molecule has 0 aliphatic heterocycles. The number of carbonyl (C=O) groups is 1. The van der Waals surface area contributed by atoms with E-state index in [-0.39, 0.29) is 29.9 Å². The highest BCUT2D eigenvalue weighted by atomic mass is 127. The van der Waals surface area contributed by atoms with Crippen LogP contribution in [-0.2, 0) is 9.53 Å². The summed E-state index contributed by atoms with van der Waals surface area (Å²) in [6.07, 6.45) is 1.95. The second-order valence-electron chi connectivity index (χ2n) is 4.15. The highest BCUT2D eigenvalue weighted by Crippen LogP contribution is 2.14. The van der Waals surface area contributed by atoms with Gasteiger partial charge in [0.2, 0.25) is 0 Å². The Hall–Kier alpha value is -1.51. The van der Waals surface area contributed by atoms with Crippen LogP contribution < -0.4 is 15.8 Å². The van der Waals surface area contributed by atoms with Gasteiger partial charge >= 0.3 is 5.97 Å². The van der Waals surface area contributed by atoms with Crippen molar-refractivity contribution in [1.82, 2.24) is 0 Å². The minimum absolute atomic E-state index is 0. The second-order valence-corrected chi connectivity index (χ2v) is 4.15. The van der Waals surface area contributed by atoms with Gasteiger partial charge in [-0.15, -0.1) is 24.0 Å². The number of esters is 1. The molecule has 0 heterocycles. The standard InChI is InChI=1S/C14H21N3O3.HI/c1-19-12-8-6-11(7-9-12)17-14(15)16-10-4-3-5-13(18)20-2;/h6-9H,3-5,10H2,1-2H3,(H3,15,16,17);1H. The number of rotatable bonds is 7. The van der Waals surface area contributed by atoms with E-state index < -0.39 is 0 Å². The molecule has 21 heavy (non-hydrogen) atoms. The van der Waals surface area contributed by atoms with Crippen molar-refractivity contribution in [3.05, 3.63) is 24.3 Å². The molecule has 0 aliphatic carbocycles. The van der Waals surface area contributed by atoms with E-state index in [0.717, 1.165) is 24.3 Å². The topological polar surface area (TPSA) is 85.9 Å². The Bertz CT molecular complexity index is 449. The van der Waals surface area contributed by atoms with E-state index in [1.54, 1.807) is 7.11 Å². The lowest BCUT2D eigenvalue weighted by Crippen LogP contribution is -2.22. The number of benzene rings is 1. The molecule has 0 spiro atoms. The van der Waals surface area contributed by atoms with Crippen LogP contribution in [0.3, 0.4) is 0 Å². The fourth-order valence-electron chi connectivity index (χ4n) is 1.54. The van der Waals surface area contributed by atoms with Crippen molar-refractivity contribution in [1.29, 1.82) is 0 Å². The molecule has 0 fully saturated rings. The van der Waals surface area contributed by atoms with Crippen LogP contribution in [0.5, 0.6) is 5.75 Å². The zero-order chi connectivity index (χ0) is 14.8. The Morgan fingerprint density at radius 2 is 1.90 bits per heavy atom.